The molecule has 0 fully saturated rings. The number of methoxy groups -OCH3 is 1. The van der Waals surface area contributed by atoms with Gasteiger partial charge in [-0.2, -0.15) is 4.98 Å². The molecule has 182 valence electrons. The molecule has 34 heavy (non-hydrogen) atoms. The molecular weight excluding hydrogens is 466 g/mol. The molecule has 0 aromatic carbocycles. The number of allylic oxidation sites excluding steroid dienone is 1. The second kappa shape index (κ2) is 11.5. The first-order valence-electron chi connectivity index (χ1n) is 10.4. The Labute approximate surface area is 200 Å². The summed E-state index contributed by atoms with van der Waals surface area (Å²) < 4.78 is 16.1. The van der Waals surface area contributed by atoms with Gasteiger partial charge in [0.05, 0.1) is 49.7 Å². The van der Waals surface area contributed by atoms with Gasteiger partial charge in [0.25, 0.3) is 0 Å². The van der Waals surface area contributed by atoms with Crippen LogP contribution in [0.5, 0.6) is 0 Å². The molecule has 3 rings (SSSR count). The summed E-state index contributed by atoms with van der Waals surface area (Å²) in [5.74, 6) is -1.53. The van der Waals surface area contributed by atoms with Crippen molar-refractivity contribution in [1.82, 2.24) is 25.5 Å². The lowest BCUT2D eigenvalue weighted by Gasteiger charge is -2.31. The molecule has 5 N–H and O–H groups in total. The first kappa shape index (κ1) is 25.0. The lowest BCUT2D eigenvalue weighted by atomic mass is 9.81. The van der Waals surface area contributed by atoms with E-state index in [1.807, 2.05) is 0 Å². The predicted molar refractivity (Wildman–Crippen MR) is 124 cm³/mol. The number of nitrogens with one attached hydrogen (secondary N) is 3. The number of anilines is 2. The van der Waals surface area contributed by atoms with Crippen LogP contribution in [0.2, 0.25) is 5.15 Å². The Morgan fingerprint density at radius 3 is 2.74 bits per heavy atom. The maximum Gasteiger partial charge on any atom is 0.336 e. The van der Waals surface area contributed by atoms with Crippen molar-refractivity contribution in [2.45, 2.75) is 19.8 Å². The Balaban J connectivity index is 1.90. The van der Waals surface area contributed by atoms with Crippen molar-refractivity contribution in [2.24, 2.45) is 0 Å². The van der Waals surface area contributed by atoms with Gasteiger partial charge in [-0.3, -0.25) is 0 Å². The average Bonchev–Trinajstić information content (AvgIpc) is 3.23. The summed E-state index contributed by atoms with van der Waals surface area (Å²) in [4.78, 5) is 33.9. The number of dihydropyridines is 1. The lowest BCUT2D eigenvalue weighted by Crippen LogP contribution is -2.35. The van der Waals surface area contributed by atoms with Crippen molar-refractivity contribution in [3.05, 3.63) is 51.6 Å². The molecule has 0 bridgehead atoms. The largest absolute Gasteiger partial charge is 0.466 e. The highest BCUT2D eigenvalue weighted by Gasteiger charge is 2.39. The van der Waals surface area contributed by atoms with E-state index in [-0.39, 0.29) is 42.1 Å². The maximum absolute atomic E-state index is 13.1. The summed E-state index contributed by atoms with van der Waals surface area (Å²) in [5, 5.41) is 12.6. The Morgan fingerprint density at radius 2 is 2.09 bits per heavy atom. The molecule has 1 aliphatic rings. The van der Waals surface area contributed by atoms with Gasteiger partial charge < -0.3 is 30.6 Å². The predicted octanol–water partition coefficient (Wildman–Crippen LogP) is 1.51. The number of nitrogens with two attached hydrogens (primary N) is 1. The monoisotopic (exact) mass is 491 g/mol. The number of pyridine rings is 1. The summed E-state index contributed by atoms with van der Waals surface area (Å²) in [7, 11) is 1.27. The molecule has 13 heteroatoms. The van der Waals surface area contributed by atoms with E-state index in [4.69, 9.17) is 31.5 Å². The summed E-state index contributed by atoms with van der Waals surface area (Å²) in [6.45, 7) is 4.23. The first-order valence-corrected chi connectivity index (χ1v) is 10.8. The fourth-order valence-electron chi connectivity index (χ4n) is 3.53. The third kappa shape index (κ3) is 5.64. The standard InChI is InChI=1S/C21H26ClN7O5/c1-4-34-19(31)16-13(10-33-9-8-25-21-27-20(23)28-29-21)26-11(2)14(18(30)32-3)15(16)12-6-5-7-24-17(12)22/h5-7,15,26H,4,8-10H2,1-3H3,(H4,23,25,27,28,29). The van der Waals surface area contributed by atoms with E-state index < -0.39 is 17.9 Å². The highest BCUT2D eigenvalue weighted by Crippen LogP contribution is 2.41. The number of carbonyl (C=O) groups is 2. The molecule has 0 radical (unpaired) electrons. The minimum Gasteiger partial charge on any atom is -0.466 e. The van der Waals surface area contributed by atoms with Gasteiger partial charge in [0.2, 0.25) is 11.9 Å². The van der Waals surface area contributed by atoms with Crippen molar-refractivity contribution in [3.63, 3.8) is 0 Å². The van der Waals surface area contributed by atoms with E-state index in [1.165, 1.54) is 13.3 Å². The molecule has 3 heterocycles. The highest BCUT2D eigenvalue weighted by atomic mass is 35.5. The molecule has 2 aromatic rings. The van der Waals surface area contributed by atoms with E-state index in [2.05, 4.69) is 30.8 Å². The number of halogens is 1. The number of aromatic amines is 1. The number of nitrogen functional groups attached to an aromatic ring is 1. The third-order valence-corrected chi connectivity index (χ3v) is 5.24. The topological polar surface area (TPSA) is 166 Å². The Morgan fingerprint density at radius 1 is 1.29 bits per heavy atom. The molecule has 0 saturated carbocycles. The minimum atomic E-state index is -0.859. The van der Waals surface area contributed by atoms with E-state index in [0.717, 1.165) is 0 Å². The molecule has 12 nitrogen and oxygen atoms in total. The molecule has 0 aliphatic carbocycles. The van der Waals surface area contributed by atoms with E-state index in [0.29, 0.717) is 29.5 Å². The van der Waals surface area contributed by atoms with Crippen LogP contribution in [-0.2, 0) is 23.8 Å². The van der Waals surface area contributed by atoms with E-state index >= 15 is 0 Å². The van der Waals surface area contributed by atoms with Crippen LogP contribution < -0.4 is 16.4 Å². The van der Waals surface area contributed by atoms with Crippen LogP contribution in [0.1, 0.15) is 25.3 Å². The van der Waals surface area contributed by atoms with Gasteiger partial charge in [0.15, 0.2) is 0 Å². The molecule has 1 unspecified atom stereocenters. The summed E-state index contributed by atoms with van der Waals surface area (Å²) >= 11 is 6.38. The Kier molecular flexibility index (Phi) is 8.44. The van der Waals surface area contributed by atoms with E-state index in [9.17, 15) is 9.59 Å². The Bertz CT molecular complexity index is 1110. The zero-order chi connectivity index (χ0) is 24.7. The zero-order valence-corrected chi connectivity index (χ0v) is 19.7. The molecule has 2 aromatic heterocycles. The molecule has 0 saturated heterocycles. The third-order valence-electron chi connectivity index (χ3n) is 4.92. The van der Waals surface area contributed by atoms with Crippen molar-refractivity contribution >= 4 is 35.4 Å². The van der Waals surface area contributed by atoms with Gasteiger partial charge in [-0.1, -0.05) is 17.7 Å². The van der Waals surface area contributed by atoms with Gasteiger partial charge in [-0.05, 0) is 19.9 Å². The number of aromatic nitrogens is 4. The molecule has 0 amide bonds. The van der Waals surface area contributed by atoms with Crippen LogP contribution in [0, 0.1) is 0 Å². The molecule has 1 atom stereocenters. The number of esters is 2. The number of hydrogen-bond acceptors (Lipinski definition) is 11. The smallest absolute Gasteiger partial charge is 0.336 e. The minimum absolute atomic E-state index is 0.0339. The first-order chi connectivity index (χ1) is 16.4. The zero-order valence-electron chi connectivity index (χ0n) is 19.0. The van der Waals surface area contributed by atoms with Crippen LogP contribution in [0.4, 0.5) is 11.9 Å². The summed E-state index contributed by atoms with van der Waals surface area (Å²) in [6.07, 6.45) is 1.52. The Hall–Kier alpha value is -3.64. The van der Waals surface area contributed by atoms with Gasteiger partial charge in [0, 0.05) is 24.0 Å². The quantitative estimate of drug-likeness (QED) is 0.216. The second-order valence-electron chi connectivity index (χ2n) is 7.11. The highest BCUT2D eigenvalue weighted by molar-refractivity contribution is 6.30. The number of H-pyrrole nitrogens is 1. The van der Waals surface area contributed by atoms with Gasteiger partial charge in [-0.15, -0.1) is 5.10 Å². The fourth-order valence-corrected chi connectivity index (χ4v) is 3.76. The van der Waals surface area contributed by atoms with Crippen LogP contribution >= 0.6 is 11.6 Å². The maximum atomic E-state index is 13.1. The SMILES string of the molecule is CCOC(=O)C1=C(COCCNc2n[nH]c(N)n2)NC(C)=C(C(=O)OC)C1c1cccnc1Cl. The van der Waals surface area contributed by atoms with Gasteiger partial charge in [-0.25, -0.2) is 19.7 Å². The van der Waals surface area contributed by atoms with Crippen LogP contribution in [0.25, 0.3) is 0 Å². The average molecular weight is 492 g/mol. The lowest BCUT2D eigenvalue weighted by molar-refractivity contribution is -0.139. The molecule has 1 aliphatic heterocycles. The number of nitrogens with zero attached hydrogens (tertiary/aromatic N) is 3. The summed E-state index contributed by atoms with van der Waals surface area (Å²) in [5.41, 5.74) is 7.32. The van der Waals surface area contributed by atoms with Crippen molar-refractivity contribution in [2.75, 3.05) is 44.5 Å². The number of carbonyl (C=O) groups excluding carboxylic acids is 2. The molecular formula is C21H26ClN7O5. The van der Waals surface area contributed by atoms with Gasteiger partial charge >= 0.3 is 11.9 Å². The fraction of sp³-hybridized carbons (Fsp3) is 0.381. The van der Waals surface area contributed by atoms with Crippen LogP contribution in [0.3, 0.4) is 0 Å². The van der Waals surface area contributed by atoms with Crippen molar-refractivity contribution in [3.8, 4) is 0 Å². The van der Waals surface area contributed by atoms with Crippen LogP contribution in [-0.4, -0.2) is 65.6 Å². The summed E-state index contributed by atoms with van der Waals surface area (Å²) in [6, 6.07) is 3.37. The molecule has 0 spiro atoms. The second-order valence-corrected chi connectivity index (χ2v) is 7.47. The van der Waals surface area contributed by atoms with Crippen LogP contribution in [0.15, 0.2) is 40.9 Å². The normalized spacial score (nSPS) is 15.7. The van der Waals surface area contributed by atoms with Crippen molar-refractivity contribution in [1.29, 1.82) is 0 Å². The number of hydrogen-bond donors (Lipinski definition) is 4. The van der Waals surface area contributed by atoms with Crippen molar-refractivity contribution < 1.29 is 23.8 Å². The number of ether oxygens (including phenoxy) is 3. The van der Waals surface area contributed by atoms with E-state index in [1.54, 1.807) is 26.0 Å². The van der Waals surface area contributed by atoms with Gasteiger partial charge in [0.1, 0.15) is 5.15 Å². The number of rotatable bonds is 10.